The van der Waals surface area contributed by atoms with Crippen LogP contribution >= 0.6 is 0 Å². The Hall–Kier alpha value is -2.31. The van der Waals surface area contributed by atoms with E-state index < -0.39 is 0 Å². The maximum absolute atomic E-state index is 12.2. The zero-order chi connectivity index (χ0) is 26.9. The quantitative estimate of drug-likeness (QED) is 0.441. The summed E-state index contributed by atoms with van der Waals surface area (Å²) in [6.45, 7) is 17.4. The molecule has 1 N–H and O–H groups in total. The van der Waals surface area contributed by atoms with Gasteiger partial charge in [0.25, 0.3) is 0 Å². The Morgan fingerprint density at radius 2 is 1.30 bits per heavy atom. The van der Waals surface area contributed by atoms with Crippen molar-refractivity contribution in [3.63, 3.8) is 0 Å². The molecule has 0 saturated carbocycles. The monoisotopic (exact) mass is 514 g/mol. The normalized spacial score (nSPS) is 17.4. The third kappa shape index (κ3) is 10.5. The van der Waals surface area contributed by atoms with Crippen LogP contribution in [-0.2, 0) is 5.41 Å². The van der Waals surface area contributed by atoms with Gasteiger partial charge in [-0.25, -0.2) is 0 Å². The molecule has 2 aliphatic rings. The number of nitrogens with zero attached hydrogens (tertiary/aromatic N) is 1. The molecule has 0 aromatic heterocycles. The highest BCUT2D eigenvalue weighted by Crippen LogP contribution is 2.26. The van der Waals surface area contributed by atoms with Crippen molar-refractivity contribution in [3.05, 3.63) is 54.1 Å². The average Bonchev–Trinajstić information content (AvgIpc) is 2.81. The fourth-order valence-electron chi connectivity index (χ4n) is 4.24. The van der Waals surface area contributed by atoms with Gasteiger partial charge in [0.15, 0.2) is 0 Å². The van der Waals surface area contributed by atoms with E-state index in [0.717, 1.165) is 62.8 Å². The van der Waals surface area contributed by atoms with Crippen molar-refractivity contribution in [1.29, 1.82) is 0 Å². The van der Waals surface area contributed by atoms with Crippen molar-refractivity contribution in [1.82, 2.24) is 10.2 Å². The largest absolute Gasteiger partial charge is 0.490 e. The van der Waals surface area contributed by atoms with Crippen LogP contribution in [0.1, 0.15) is 66.4 Å². The molecule has 0 amide bonds. The second-order valence-corrected chi connectivity index (χ2v) is 12.1. The first-order valence-electron chi connectivity index (χ1n) is 13.7. The van der Waals surface area contributed by atoms with E-state index in [0.29, 0.717) is 18.6 Å². The fraction of sp³-hybridized carbons (Fsp3) is 0.613. The van der Waals surface area contributed by atoms with Gasteiger partial charge in [-0.15, -0.1) is 0 Å². The lowest BCUT2D eigenvalue weighted by Gasteiger charge is -2.32. The first-order valence-corrected chi connectivity index (χ1v) is 13.7. The molecule has 2 aromatic carbocycles. The molecule has 2 saturated heterocycles. The number of nitrogens with one attached hydrogen (secondary N) is 1. The molecule has 2 aliphatic heterocycles. The Bertz CT molecular complexity index is 907. The number of ether oxygens (including phenoxy) is 3. The van der Waals surface area contributed by atoms with Crippen LogP contribution in [0.4, 0.5) is 4.39 Å². The van der Waals surface area contributed by atoms with Crippen molar-refractivity contribution < 1.29 is 18.6 Å². The lowest BCUT2D eigenvalue weighted by Crippen LogP contribution is -2.50. The van der Waals surface area contributed by atoms with Gasteiger partial charge in [0.05, 0.1) is 6.67 Å². The van der Waals surface area contributed by atoms with E-state index in [9.17, 15) is 4.39 Å². The summed E-state index contributed by atoms with van der Waals surface area (Å²) in [6.07, 6.45) is 3.35. The van der Waals surface area contributed by atoms with E-state index in [1.807, 2.05) is 45.0 Å². The SMILES string of the molecule is CC(C)(C)Oc1ccc(OC2CNC2)cc1.CC(C)(C)c1ccc(OC2CCN(CCCF)CC2)cc1. The predicted molar refractivity (Wildman–Crippen MR) is 150 cm³/mol. The minimum atomic E-state index is -0.212. The molecule has 6 heteroatoms. The van der Waals surface area contributed by atoms with Gasteiger partial charge in [0, 0.05) is 32.7 Å². The van der Waals surface area contributed by atoms with Crippen molar-refractivity contribution >= 4 is 0 Å². The number of rotatable bonds is 8. The zero-order valence-electron chi connectivity index (χ0n) is 23.7. The predicted octanol–water partition coefficient (Wildman–Crippen LogP) is 6.40. The number of hydrogen-bond donors (Lipinski definition) is 1. The highest BCUT2D eigenvalue weighted by molar-refractivity contribution is 5.32. The molecule has 0 spiro atoms. The molecule has 2 aromatic rings. The van der Waals surface area contributed by atoms with Crippen molar-refractivity contribution in [2.75, 3.05) is 39.4 Å². The Labute approximate surface area is 223 Å². The Morgan fingerprint density at radius 3 is 1.76 bits per heavy atom. The number of hydrogen-bond acceptors (Lipinski definition) is 5. The Kier molecular flexibility index (Phi) is 10.7. The Balaban J connectivity index is 0.000000213. The van der Waals surface area contributed by atoms with Gasteiger partial charge < -0.3 is 24.4 Å². The van der Waals surface area contributed by atoms with Crippen LogP contribution in [-0.4, -0.2) is 62.1 Å². The molecule has 0 unspecified atom stereocenters. The minimum absolute atomic E-state index is 0.153. The third-order valence-corrected chi connectivity index (χ3v) is 6.46. The fourth-order valence-corrected chi connectivity index (χ4v) is 4.24. The summed E-state index contributed by atoms with van der Waals surface area (Å²) in [5.41, 5.74) is 1.36. The molecule has 37 heavy (non-hydrogen) atoms. The number of halogens is 1. The molecular weight excluding hydrogens is 467 g/mol. The van der Waals surface area contributed by atoms with Crippen molar-refractivity contribution in [2.45, 2.75) is 84.0 Å². The lowest BCUT2D eigenvalue weighted by atomic mass is 9.87. The van der Waals surface area contributed by atoms with Gasteiger partial charge in [-0.2, -0.15) is 0 Å². The van der Waals surface area contributed by atoms with E-state index in [2.05, 4.69) is 55.3 Å². The Morgan fingerprint density at radius 1 is 0.784 bits per heavy atom. The molecule has 2 fully saturated rings. The maximum Gasteiger partial charge on any atom is 0.123 e. The minimum Gasteiger partial charge on any atom is -0.490 e. The molecule has 2 heterocycles. The van der Waals surface area contributed by atoms with Gasteiger partial charge in [0.1, 0.15) is 35.1 Å². The molecule has 0 radical (unpaired) electrons. The van der Waals surface area contributed by atoms with Crippen LogP contribution in [0.5, 0.6) is 17.2 Å². The first-order chi connectivity index (χ1) is 17.5. The van der Waals surface area contributed by atoms with Gasteiger partial charge in [-0.05, 0) is 87.4 Å². The lowest BCUT2D eigenvalue weighted by molar-refractivity contribution is 0.0987. The topological polar surface area (TPSA) is 43.0 Å². The number of piperidine rings is 1. The summed E-state index contributed by atoms with van der Waals surface area (Å²) in [5, 5.41) is 3.17. The molecular formula is C31H47FN2O3. The average molecular weight is 515 g/mol. The highest BCUT2D eigenvalue weighted by atomic mass is 19.1. The smallest absolute Gasteiger partial charge is 0.123 e. The highest BCUT2D eigenvalue weighted by Gasteiger charge is 2.21. The zero-order valence-corrected chi connectivity index (χ0v) is 23.7. The number of alkyl halides is 1. The van der Waals surface area contributed by atoms with Crippen LogP contribution in [0.15, 0.2) is 48.5 Å². The van der Waals surface area contributed by atoms with Gasteiger partial charge in [-0.1, -0.05) is 32.9 Å². The standard InChI is InChI=1S/C18H28FNO.C13H19NO2/c1-18(2,3)15-5-7-16(8-6-15)21-17-9-13-20(14-10-17)12-4-11-19;1-13(2,3)16-11-6-4-10(5-7-11)15-12-8-14-9-12/h5-8,17H,4,9-14H2,1-3H3;4-7,12,14H,8-9H2,1-3H3. The molecule has 0 atom stereocenters. The second kappa shape index (κ2) is 13.5. The van der Waals surface area contributed by atoms with Crippen LogP contribution in [0.25, 0.3) is 0 Å². The van der Waals surface area contributed by atoms with Gasteiger partial charge in [0.2, 0.25) is 0 Å². The summed E-state index contributed by atoms with van der Waals surface area (Å²) < 4.78 is 29.7. The first kappa shape index (κ1) is 29.2. The van der Waals surface area contributed by atoms with E-state index in [1.165, 1.54) is 5.56 Å². The molecule has 206 valence electrons. The summed E-state index contributed by atoms with van der Waals surface area (Å²) >= 11 is 0. The van der Waals surface area contributed by atoms with Crippen LogP contribution in [0.3, 0.4) is 0 Å². The van der Waals surface area contributed by atoms with Crippen LogP contribution in [0.2, 0.25) is 0 Å². The summed E-state index contributed by atoms with van der Waals surface area (Å²) in [5.74, 6) is 2.75. The number of benzene rings is 2. The molecule has 5 nitrogen and oxygen atoms in total. The van der Waals surface area contributed by atoms with Crippen molar-refractivity contribution in [2.24, 2.45) is 0 Å². The summed E-state index contributed by atoms with van der Waals surface area (Å²) in [6, 6.07) is 16.3. The van der Waals surface area contributed by atoms with Crippen molar-refractivity contribution in [3.8, 4) is 17.2 Å². The van der Waals surface area contributed by atoms with E-state index in [-0.39, 0.29) is 17.7 Å². The number of likely N-dealkylation sites (tertiary alicyclic amines) is 1. The maximum atomic E-state index is 12.2. The van der Waals surface area contributed by atoms with Gasteiger partial charge >= 0.3 is 0 Å². The molecule has 0 aliphatic carbocycles. The second-order valence-electron chi connectivity index (χ2n) is 12.1. The summed E-state index contributed by atoms with van der Waals surface area (Å²) in [4.78, 5) is 2.34. The molecule has 4 rings (SSSR count). The van der Waals surface area contributed by atoms with E-state index in [4.69, 9.17) is 14.2 Å². The van der Waals surface area contributed by atoms with Gasteiger partial charge in [-0.3, -0.25) is 4.39 Å². The summed E-state index contributed by atoms with van der Waals surface area (Å²) in [7, 11) is 0. The van der Waals surface area contributed by atoms with Crippen LogP contribution < -0.4 is 19.5 Å². The van der Waals surface area contributed by atoms with E-state index in [1.54, 1.807) is 0 Å². The third-order valence-electron chi connectivity index (χ3n) is 6.46. The molecule has 0 bridgehead atoms. The van der Waals surface area contributed by atoms with Crippen LogP contribution in [0, 0.1) is 0 Å². The van der Waals surface area contributed by atoms with E-state index >= 15 is 0 Å².